The van der Waals surface area contributed by atoms with E-state index < -0.39 is 17.6 Å². The van der Waals surface area contributed by atoms with Crippen molar-refractivity contribution in [3.8, 4) is 0 Å². The van der Waals surface area contributed by atoms with Crippen LogP contribution in [-0.2, 0) is 13.0 Å². The van der Waals surface area contributed by atoms with Crippen LogP contribution >= 0.6 is 0 Å². The first-order valence-corrected chi connectivity index (χ1v) is 7.63. The Morgan fingerprint density at radius 3 is 2.56 bits per heavy atom. The lowest BCUT2D eigenvalue weighted by Crippen LogP contribution is -2.29. The molecule has 0 fully saturated rings. The molecule has 1 aromatic heterocycles. The molecule has 1 aliphatic rings. The van der Waals surface area contributed by atoms with Gasteiger partial charge in [-0.1, -0.05) is 35.5 Å². The average molecular weight is 337 g/mol. The van der Waals surface area contributed by atoms with Crippen LogP contribution in [0.3, 0.4) is 0 Å². The monoisotopic (exact) mass is 337 g/mol. The minimum atomic E-state index is -0.567. The van der Waals surface area contributed by atoms with Gasteiger partial charge in [0.05, 0.1) is 11.1 Å². The first-order chi connectivity index (χ1) is 12.1. The number of hydrogen-bond donors (Lipinski definition) is 0. The Kier molecular flexibility index (Phi) is 3.61. The van der Waals surface area contributed by atoms with Gasteiger partial charge in [0.15, 0.2) is 5.82 Å². The minimum absolute atomic E-state index is 0.0500. The van der Waals surface area contributed by atoms with Crippen LogP contribution in [0, 0.1) is 5.82 Å². The Morgan fingerprint density at radius 2 is 1.76 bits per heavy atom. The third kappa shape index (κ3) is 2.80. The number of carbonyl (C=O) groups is 2. The number of imide groups is 1. The third-order valence-corrected chi connectivity index (χ3v) is 3.94. The molecule has 0 radical (unpaired) electrons. The van der Waals surface area contributed by atoms with E-state index in [1.54, 1.807) is 0 Å². The molecule has 0 saturated heterocycles. The van der Waals surface area contributed by atoms with Crippen molar-refractivity contribution in [1.82, 2.24) is 15.0 Å². The number of amides is 2. The number of rotatable bonds is 4. The smallest absolute Gasteiger partial charge is 0.262 e. The van der Waals surface area contributed by atoms with E-state index in [4.69, 9.17) is 4.52 Å². The fourth-order valence-electron chi connectivity index (χ4n) is 2.75. The molecular formula is C18H12FN3O3. The zero-order valence-electron chi connectivity index (χ0n) is 13.0. The summed E-state index contributed by atoms with van der Waals surface area (Å²) in [4.78, 5) is 29.8. The van der Waals surface area contributed by atoms with Gasteiger partial charge in [-0.15, -0.1) is 0 Å². The van der Waals surface area contributed by atoms with E-state index in [-0.39, 0.29) is 23.6 Å². The van der Waals surface area contributed by atoms with E-state index in [1.165, 1.54) is 6.07 Å². The Hall–Kier alpha value is -3.35. The standard InChI is InChI=1S/C18H12FN3O3/c19-12-6-7-13-14(9-12)18(24)22(17(13)23)10-16-20-15(21-25-16)8-11-4-2-1-3-5-11/h1-7,9H,8,10H2. The molecule has 0 atom stereocenters. The zero-order valence-corrected chi connectivity index (χ0v) is 13.0. The first kappa shape index (κ1) is 15.2. The van der Waals surface area contributed by atoms with E-state index in [9.17, 15) is 14.0 Å². The van der Waals surface area contributed by atoms with Gasteiger partial charge in [-0.2, -0.15) is 4.98 Å². The van der Waals surface area contributed by atoms with Gasteiger partial charge in [0.25, 0.3) is 11.8 Å². The molecule has 25 heavy (non-hydrogen) atoms. The topological polar surface area (TPSA) is 76.3 Å². The van der Waals surface area contributed by atoms with Gasteiger partial charge in [-0.05, 0) is 23.8 Å². The Labute approximate surface area is 141 Å². The lowest BCUT2D eigenvalue weighted by molar-refractivity contribution is 0.0625. The molecule has 0 N–H and O–H groups in total. The zero-order chi connectivity index (χ0) is 17.4. The van der Waals surface area contributed by atoms with Crippen LogP contribution in [-0.4, -0.2) is 26.9 Å². The van der Waals surface area contributed by atoms with Crippen molar-refractivity contribution in [3.63, 3.8) is 0 Å². The molecule has 1 aliphatic heterocycles. The number of halogens is 1. The normalized spacial score (nSPS) is 13.4. The summed E-state index contributed by atoms with van der Waals surface area (Å²) in [6.45, 7) is -0.143. The van der Waals surface area contributed by atoms with Crippen molar-refractivity contribution in [2.24, 2.45) is 0 Å². The lowest BCUT2D eigenvalue weighted by atomic mass is 10.1. The molecule has 124 valence electrons. The van der Waals surface area contributed by atoms with E-state index in [2.05, 4.69) is 10.1 Å². The van der Waals surface area contributed by atoms with E-state index >= 15 is 0 Å². The highest BCUT2D eigenvalue weighted by molar-refractivity contribution is 6.21. The predicted molar refractivity (Wildman–Crippen MR) is 84.2 cm³/mol. The summed E-state index contributed by atoms with van der Waals surface area (Å²) in [5.74, 6) is -1.01. The van der Waals surface area contributed by atoms with Gasteiger partial charge in [-0.3, -0.25) is 14.5 Å². The molecule has 0 spiro atoms. The number of aromatic nitrogens is 2. The van der Waals surface area contributed by atoms with Crippen LogP contribution in [0.5, 0.6) is 0 Å². The van der Waals surface area contributed by atoms with Crippen molar-refractivity contribution in [2.75, 3.05) is 0 Å². The van der Waals surface area contributed by atoms with Crippen molar-refractivity contribution >= 4 is 11.8 Å². The summed E-state index contributed by atoms with van der Waals surface area (Å²) >= 11 is 0. The maximum absolute atomic E-state index is 13.3. The molecule has 2 amide bonds. The largest absolute Gasteiger partial charge is 0.337 e. The summed E-state index contributed by atoms with van der Waals surface area (Å²) in [5.41, 5.74) is 1.25. The van der Waals surface area contributed by atoms with Crippen molar-refractivity contribution in [3.05, 3.63) is 82.8 Å². The molecule has 7 heteroatoms. The summed E-state index contributed by atoms with van der Waals surface area (Å²) < 4.78 is 18.4. The third-order valence-electron chi connectivity index (χ3n) is 3.94. The molecule has 0 bridgehead atoms. The minimum Gasteiger partial charge on any atom is -0.337 e. The lowest BCUT2D eigenvalue weighted by Gasteiger charge is -2.09. The SMILES string of the molecule is O=C1c2ccc(F)cc2C(=O)N1Cc1nc(Cc2ccccc2)no1. The first-order valence-electron chi connectivity index (χ1n) is 7.63. The van der Waals surface area contributed by atoms with Crippen molar-refractivity contribution < 1.29 is 18.5 Å². The highest BCUT2D eigenvalue weighted by Crippen LogP contribution is 2.25. The van der Waals surface area contributed by atoms with Crippen LogP contribution in [0.4, 0.5) is 4.39 Å². The van der Waals surface area contributed by atoms with E-state index in [1.807, 2.05) is 30.3 Å². The molecular weight excluding hydrogens is 325 g/mol. The maximum atomic E-state index is 13.3. The number of carbonyl (C=O) groups excluding carboxylic acids is 2. The average Bonchev–Trinajstić information content (AvgIpc) is 3.14. The summed E-state index contributed by atoms with van der Waals surface area (Å²) in [6.07, 6.45) is 0.484. The fraction of sp³-hybridized carbons (Fsp3) is 0.111. The van der Waals surface area contributed by atoms with Gasteiger partial charge in [-0.25, -0.2) is 4.39 Å². The highest BCUT2D eigenvalue weighted by atomic mass is 19.1. The molecule has 2 aromatic carbocycles. The Bertz CT molecular complexity index is 969. The van der Waals surface area contributed by atoms with Gasteiger partial charge in [0, 0.05) is 6.42 Å². The molecule has 2 heterocycles. The molecule has 0 saturated carbocycles. The molecule has 3 aromatic rings. The van der Waals surface area contributed by atoms with Gasteiger partial charge in [0.2, 0.25) is 5.89 Å². The summed E-state index contributed by atoms with van der Waals surface area (Å²) in [6, 6.07) is 13.1. The van der Waals surface area contributed by atoms with Crippen LogP contribution < -0.4 is 0 Å². The van der Waals surface area contributed by atoms with Gasteiger partial charge < -0.3 is 4.52 Å². The molecule has 0 aliphatic carbocycles. The number of fused-ring (bicyclic) bond motifs is 1. The Morgan fingerprint density at radius 1 is 1.00 bits per heavy atom. The quantitative estimate of drug-likeness (QED) is 0.684. The molecule has 0 unspecified atom stereocenters. The van der Waals surface area contributed by atoms with Crippen LogP contribution in [0.2, 0.25) is 0 Å². The molecule has 4 rings (SSSR count). The fourth-order valence-corrected chi connectivity index (χ4v) is 2.75. The highest BCUT2D eigenvalue weighted by Gasteiger charge is 2.36. The van der Waals surface area contributed by atoms with Crippen molar-refractivity contribution in [2.45, 2.75) is 13.0 Å². The van der Waals surface area contributed by atoms with Crippen LogP contribution in [0.15, 0.2) is 53.1 Å². The van der Waals surface area contributed by atoms with Crippen LogP contribution in [0.25, 0.3) is 0 Å². The second-order valence-electron chi connectivity index (χ2n) is 5.65. The van der Waals surface area contributed by atoms with Crippen LogP contribution in [0.1, 0.15) is 38.0 Å². The number of benzene rings is 2. The second-order valence-corrected chi connectivity index (χ2v) is 5.65. The predicted octanol–water partition coefficient (Wildman–Crippen LogP) is 2.60. The summed E-state index contributed by atoms with van der Waals surface area (Å²) in [7, 11) is 0. The van der Waals surface area contributed by atoms with Gasteiger partial charge in [0.1, 0.15) is 12.4 Å². The van der Waals surface area contributed by atoms with Crippen molar-refractivity contribution in [1.29, 1.82) is 0 Å². The maximum Gasteiger partial charge on any atom is 0.262 e. The second kappa shape index (κ2) is 5.94. The summed E-state index contributed by atoms with van der Waals surface area (Å²) in [5, 5.41) is 3.87. The number of hydrogen-bond acceptors (Lipinski definition) is 5. The Balaban J connectivity index is 1.52. The van der Waals surface area contributed by atoms with Gasteiger partial charge >= 0.3 is 0 Å². The number of nitrogens with zero attached hydrogens (tertiary/aromatic N) is 3. The molecule has 6 nitrogen and oxygen atoms in total. The van der Waals surface area contributed by atoms with E-state index in [0.29, 0.717) is 12.2 Å². The van der Waals surface area contributed by atoms with E-state index in [0.717, 1.165) is 22.6 Å².